The van der Waals surface area contributed by atoms with Crippen LogP contribution in [0, 0.1) is 5.92 Å². The summed E-state index contributed by atoms with van der Waals surface area (Å²) in [6, 6.07) is 15.5. The summed E-state index contributed by atoms with van der Waals surface area (Å²) in [4.78, 5) is 13.2. The van der Waals surface area contributed by atoms with Crippen LogP contribution >= 0.6 is 11.8 Å². The number of nitrogens with one attached hydrogen (secondary N) is 1. The molecule has 4 rings (SSSR count). The van der Waals surface area contributed by atoms with E-state index in [0.717, 1.165) is 53.0 Å². The molecule has 3 aromatic rings. The first-order valence-corrected chi connectivity index (χ1v) is 11.9. The van der Waals surface area contributed by atoms with Gasteiger partial charge in [-0.15, -0.1) is 10.2 Å². The lowest BCUT2D eigenvalue weighted by molar-refractivity contribution is -0.121. The summed E-state index contributed by atoms with van der Waals surface area (Å²) in [6.07, 6.45) is 3.61. The van der Waals surface area contributed by atoms with Gasteiger partial charge in [-0.25, -0.2) is 0 Å². The highest BCUT2D eigenvalue weighted by atomic mass is 32.2. The van der Waals surface area contributed by atoms with Crippen molar-refractivity contribution in [2.75, 3.05) is 12.8 Å². The Labute approximate surface area is 187 Å². The average molecular weight is 437 g/mol. The number of fused-ring (bicyclic) bond motifs is 2. The number of hydrogen-bond donors (Lipinski definition) is 1. The number of rotatable bonds is 8. The molecule has 0 unspecified atom stereocenters. The van der Waals surface area contributed by atoms with Gasteiger partial charge in [0.15, 0.2) is 5.16 Å². The first-order chi connectivity index (χ1) is 15.1. The number of aromatic nitrogens is 3. The van der Waals surface area contributed by atoms with Gasteiger partial charge < -0.3 is 14.6 Å². The third-order valence-corrected chi connectivity index (χ3v) is 6.01. The number of benzene rings is 2. The quantitative estimate of drug-likeness (QED) is 0.411. The fourth-order valence-corrected chi connectivity index (χ4v) is 4.48. The Balaban J connectivity index is 1.42. The molecule has 0 aliphatic carbocycles. The molecule has 0 fully saturated rings. The zero-order valence-electron chi connectivity index (χ0n) is 18.2. The predicted molar refractivity (Wildman–Crippen MR) is 123 cm³/mol. The topological polar surface area (TPSA) is 69.0 Å². The van der Waals surface area contributed by atoms with Crippen molar-refractivity contribution in [3.05, 3.63) is 65.5 Å². The minimum absolute atomic E-state index is 0.00310. The Morgan fingerprint density at radius 3 is 2.35 bits per heavy atom. The Morgan fingerprint density at radius 2 is 1.74 bits per heavy atom. The highest BCUT2D eigenvalue weighted by Crippen LogP contribution is 2.43. The van der Waals surface area contributed by atoms with Gasteiger partial charge in [0.1, 0.15) is 17.3 Å². The van der Waals surface area contributed by atoms with Crippen molar-refractivity contribution >= 4 is 17.7 Å². The van der Waals surface area contributed by atoms with Crippen LogP contribution in [0.1, 0.15) is 43.1 Å². The molecule has 0 spiro atoms. The van der Waals surface area contributed by atoms with Crippen LogP contribution in [0.3, 0.4) is 0 Å². The molecule has 7 heteroatoms. The van der Waals surface area contributed by atoms with Crippen LogP contribution in [0.4, 0.5) is 0 Å². The molecule has 0 saturated carbocycles. The van der Waals surface area contributed by atoms with Gasteiger partial charge in [-0.1, -0.05) is 62.0 Å². The van der Waals surface area contributed by atoms with E-state index in [2.05, 4.69) is 33.9 Å². The molecule has 1 aromatic heterocycles. The number of aryl methyl sites for hydroxylation is 1. The SMILES string of the molecule is CSc1nnc(CCCNC(=O)C2c3ccccc3Oc3ccccc32)n1CC(C)C. The highest BCUT2D eigenvalue weighted by molar-refractivity contribution is 7.98. The standard InChI is InChI=1S/C24H28N4O2S/c1-16(2)15-28-21(26-27-24(28)31-3)13-8-14-25-23(29)22-17-9-4-6-11-19(17)30-20-12-7-5-10-18(20)22/h4-7,9-12,16,22H,8,13-15H2,1-3H3,(H,25,29). The first-order valence-electron chi connectivity index (χ1n) is 10.7. The Bertz CT molecular complexity index is 1020. The first kappa shape index (κ1) is 21.4. The molecule has 31 heavy (non-hydrogen) atoms. The van der Waals surface area contributed by atoms with Gasteiger partial charge in [0.25, 0.3) is 0 Å². The molecular weight excluding hydrogens is 408 g/mol. The third kappa shape index (κ3) is 4.61. The summed E-state index contributed by atoms with van der Waals surface area (Å²) < 4.78 is 8.20. The van der Waals surface area contributed by atoms with E-state index in [4.69, 9.17) is 4.74 Å². The maximum absolute atomic E-state index is 13.2. The number of carbonyl (C=O) groups excluding carboxylic acids is 1. The van der Waals surface area contributed by atoms with Crippen LogP contribution in [0.15, 0.2) is 53.7 Å². The summed E-state index contributed by atoms with van der Waals surface area (Å²) in [6.45, 7) is 5.87. The van der Waals surface area contributed by atoms with Crippen molar-refractivity contribution in [2.24, 2.45) is 5.92 Å². The Kier molecular flexibility index (Phi) is 6.61. The average Bonchev–Trinajstić information content (AvgIpc) is 3.15. The molecule has 6 nitrogen and oxygen atoms in total. The summed E-state index contributed by atoms with van der Waals surface area (Å²) in [5.41, 5.74) is 1.81. The van der Waals surface area contributed by atoms with E-state index in [1.54, 1.807) is 11.8 Å². The van der Waals surface area contributed by atoms with E-state index in [9.17, 15) is 4.79 Å². The Morgan fingerprint density at radius 1 is 1.10 bits per heavy atom. The molecule has 1 aliphatic heterocycles. The van der Waals surface area contributed by atoms with Crippen molar-refractivity contribution in [3.63, 3.8) is 0 Å². The van der Waals surface area contributed by atoms with Crippen LogP contribution in [-0.4, -0.2) is 33.5 Å². The summed E-state index contributed by atoms with van der Waals surface area (Å²) in [7, 11) is 0. The number of thioether (sulfide) groups is 1. The summed E-state index contributed by atoms with van der Waals surface area (Å²) >= 11 is 1.62. The number of ether oxygens (including phenoxy) is 1. The zero-order valence-corrected chi connectivity index (χ0v) is 19.0. The number of para-hydroxylation sites is 2. The summed E-state index contributed by atoms with van der Waals surface area (Å²) in [5.74, 6) is 2.62. The van der Waals surface area contributed by atoms with Crippen molar-refractivity contribution in [1.29, 1.82) is 0 Å². The second-order valence-electron chi connectivity index (χ2n) is 8.11. The molecule has 1 N–H and O–H groups in total. The van der Waals surface area contributed by atoms with Crippen molar-refractivity contribution < 1.29 is 9.53 Å². The summed E-state index contributed by atoms with van der Waals surface area (Å²) in [5, 5.41) is 12.7. The maximum atomic E-state index is 13.2. The molecule has 2 aromatic carbocycles. The molecule has 0 bridgehead atoms. The van der Waals surface area contributed by atoms with Crippen LogP contribution in [0.5, 0.6) is 11.5 Å². The van der Waals surface area contributed by atoms with E-state index in [1.165, 1.54) is 0 Å². The van der Waals surface area contributed by atoms with Gasteiger partial charge >= 0.3 is 0 Å². The third-order valence-electron chi connectivity index (χ3n) is 5.34. The molecule has 1 amide bonds. The van der Waals surface area contributed by atoms with Crippen molar-refractivity contribution in [3.8, 4) is 11.5 Å². The van der Waals surface area contributed by atoms with Gasteiger partial charge in [-0.05, 0) is 30.7 Å². The lowest BCUT2D eigenvalue weighted by Gasteiger charge is -2.27. The molecular formula is C24H28N4O2S. The number of hydrogen-bond acceptors (Lipinski definition) is 5. The van der Waals surface area contributed by atoms with Crippen LogP contribution in [-0.2, 0) is 17.8 Å². The molecule has 0 radical (unpaired) electrons. The fourth-order valence-electron chi connectivity index (χ4n) is 3.96. The van der Waals surface area contributed by atoms with E-state index in [0.29, 0.717) is 12.5 Å². The number of nitrogens with zero attached hydrogens (tertiary/aromatic N) is 3. The lowest BCUT2D eigenvalue weighted by atomic mass is 9.87. The van der Waals surface area contributed by atoms with Crippen molar-refractivity contribution in [2.45, 2.75) is 44.3 Å². The molecule has 0 saturated heterocycles. The number of amides is 1. The van der Waals surface area contributed by atoms with Crippen LogP contribution in [0.25, 0.3) is 0 Å². The van der Waals surface area contributed by atoms with E-state index >= 15 is 0 Å². The smallest absolute Gasteiger partial charge is 0.232 e. The molecule has 162 valence electrons. The maximum Gasteiger partial charge on any atom is 0.232 e. The van der Waals surface area contributed by atoms with Crippen molar-refractivity contribution in [1.82, 2.24) is 20.1 Å². The predicted octanol–water partition coefficient (Wildman–Crippen LogP) is 4.64. The second kappa shape index (κ2) is 9.56. The molecule has 1 aliphatic rings. The molecule has 2 heterocycles. The molecule has 0 atom stereocenters. The largest absolute Gasteiger partial charge is 0.457 e. The van der Waals surface area contributed by atoms with Crippen LogP contribution in [0.2, 0.25) is 0 Å². The number of carbonyl (C=O) groups is 1. The highest BCUT2D eigenvalue weighted by Gasteiger charge is 2.32. The van der Waals surface area contributed by atoms with E-state index < -0.39 is 0 Å². The van der Waals surface area contributed by atoms with Gasteiger partial charge in [0.2, 0.25) is 5.91 Å². The Hall–Kier alpha value is -2.80. The second-order valence-corrected chi connectivity index (χ2v) is 8.89. The van der Waals surface area contributed by atoms with Gasteiger partial charge in [-0.2, -0.15) is 0 Å². The normalized spacial score (nSPS) is 12.9. The van der Waals surface area contributed by atoms with Gasteiger partial charge in [0, 0.05) is 30.6 Å². The van der Waals surface area contributed by atoms with E-state index in [1.807, 2.05) is 54.8 Å². The minimum Gasteiger partial charge on any atom is -0.457 e. The monoisotopic (exact) mass is 436 g/mol. The zero-order chi connectivity index (χ0) is 21.8. The van der Waals surface area contributed by atoms with E-state index in [-0.39, 0.29) is 11.8 Å². The fraction of sp³-hybridized carbons (Fsp3) is 0.375. The van der Waals surface area contributed by atoms with Crippen LogP contribution < -0.4 is 10.1 Å². The lowest BCUT2D eigenvalue weighted by Crippen LogP contribution is -2.32. The minimum atomic E-state index is -0.367. The van der Waals surface area contributed by atoms with Gasteiger partial charge in [0.05, 0.1) is 5.92 Å². The van der Waals surface area contributed by atoms with Gasteiger partial charge in [-0.3, -0.25) is 4.79 Å².